The molecular formula is C19H14ClN5O2S. The molecule has 0 saturated carbocycles. The van der Waals surface area contributed by atoms with Crippen molar-refractivity contribution in [3.8, 4) is 11.8 Å². The molecular weight excluding hydrogens is 398 g/mol. The quantitative estimate of drug-likeness (QED) is 0.482. The lowest BCUT2D eigenvalue weighted by atomic mass is 10.1. The number of carbonyl (C=O) groups is 1. The van der Waals surface area contributed by atoms with Crippen molar-refractivity contribution in [1.29, 1.82) is 0 Å². The van der Waals surface area contributed by atoms with Gasteiger partial charge in [-0.2, -0.15) is 4.98 Å². The summed E-state index contributed by atoms with van der Waals surface area (Å²) in [6, 6.07) is 9.19. The maximum Gasteiger partial charge on any atom is 0.263 e. The molecule has 0 spiro atoms. The molecule has 1 aliphatic heterocycles. The lowest BCUT2D eigenvalue weighted by molar-refractivity contribution is 0.0962. The smallest absolute Gasteiger partial charge is 0.263 e. The highest BCUT2D eigenvalue weighted by Crippen LogP contribution is 2.41. The fourth-order valence-corrected chi connectivity index (χ4v) is 4.60. The van der Waals surface area contributed by atoms with E-state index < -0.39 is 0 Å². The van der Waals surface area contributed by atoms with Gasteiger partial charge in [0.05, 0.1) is 11.2 Å². The molecule has 5 rings (SSSR count). The fraction of sp³-hybridized carbons (Fsp3) is 0.158. The average molecular weight is 412 g/mol. The highest BCUT2D eigenvalue weighted by molar-refractivity contribution is 7.21. The molecule has 4 aromatic rings. The van der Waals surface area contributed by atoms with Crippen LogP contribution in [0.1, 0.15) is 15.5 Å². The van der Waals surface area contributed by atoms with Crippen LogP contribution in [0, 0.1) is 6.92 Å². The number of nitrogens with zero attached hydrogens (tertiary/aromatic N) is 3. The first-order valence-electron chi connectivity index (χ1n) is 8.66. The number of fused-ring (bicyclic) bond motifs is 5. The second-order valence-corrected chi connectivity index (χ2v) is 7.76. The maximum absolute atomic E-state index is 12.3. The van der Waals surface area contributed by atoms with Gasteiger partial charge in [0.1, 0.15) is 15.9 Å². The lowest BCUT2D eigenvalue weighted by Crippen LogP contribution is -2.24. The molecule has 0 bridgehead atoms. The van der Waals surface area contributed by atoms with Gasteiger partial charge < -0.3 is 15.4 Å². The van der Waals surface area contributed by atoms with Gasteiger partial charge in [0.2, 0.25) is 11.8 Å². The van der Waals surface area contributed by atoms with Crippen molar-refractivity contribution in [1.82, 2.24) is 20.3 Å². The highest BCUT2D eigenvalue weighted by atomic mass is 35.5. The Morgan fingerprint density at radius 1 is 1.07 bits per heavy atom. The number of nitrogens with one attached hydrogen (secondary N) is 2. The minimum Gasteiger partial charge on any atom is -0.421 e. The molecule has 0 aliphatic carbocycles. The molecule has 1 amide bonds. The number of carbonyl (C=O) groups excluding carboxylic acids is 1. The molecule has 4 heterocycles. The van der Waals surface area contributed by atoms with Crippen molar-refractivity contribution >= 4 is 55.5 Å². The number of amides is 1. The molecule has 1 aromatic carbocycles. The number of aryl methyl sites for hydroxylation is 1. The Balaban J connectivity index is 1.62. The standard InChI is InChI=1S/C19H14ClN5O2S/c1-9-23-13(20)8-15(24-9)27-14-5-2-10-11(25-14)3-4-12-16(10)17-18(28-12)19(26)22-7-6-21-17/h2-5,8,21H,6-7H2,1H3,(H,22,26). The summed E-state index contributed by atoms with van der Waals surface area (Å²) in [7, 11) is 0. The lowest BCUT2D eigenvalue weighted by Gasteiger charge is -2.08. The first kappa shape index (κ1) is 17.2. The third-order valence-electron chi connectivity index (χ3n) is 4.41. The molecule has 0 atom stereocenters. The van der Waals surface area contributed by atoms with Crippen LogP contribution in [0.5, 0.6) is 11.8 Å². The maximum atomic E-state index is 12.3. The summed E-state index contributed by atoms with van der Waals surface area (Å²) in [5.41, 5.74) is 1.64. The normalized spacial score (nSPS) is 13.7. The zero-order chi connectivity index (χ0) is 19.3. The Hall–Kier alpha value is -2.97. The zero-order valence-corrected chi connectivity index (χ0v) is 16.3. The van der Waals surface area contributed by atoms with Gasteiger partial charge in [-0.05, 0) is 25.1 Å². The van der Waals surface area contributed by atoms with E-state index in [-0.39, 0.29) is 5.91 Å². The fourth-order valence-electron chi connectivity index (χ4n) is 3.28. The van der Waals surface area contributed by atoms with Crippen molar-refractivity contribution in [2.24, 2.45) is 0 Å². The van der Waals surface area contributed by atoms with Crippen molar-refractivity contribution in [2.45, 2.75) is 6.92 Å². The van der Waals surface area contributed by atoms with Gasteiger partial charge in [-0.1, -0.05) is 11.6 Å². The number of thiophene rings is 1. The number of hydrogen-bond acceptors (Lipinski definition) is 7. The van der Waals surface area contributed by atoms with E-state index in [9.17, 15) is 4.79 Å². The second kappa shape index (κ2) is 6.57. The van der Waals surface area contributed by atoms with Crippen molar-refractivity contribution in [3.05, 3.63) is 46.2 Å². The number of rotatable bonds is 2. The molecule has 0 fully saturated rings. The Kier molecular flexibility index (Phi) is 4.03. The number of anilines is 1. The largest absolute Gasteiger partial charge is 0.421 e. The van der Waals surface area contributed by atoms with E-state index in [0.29, 0.717) is 40.7 Å². The third kappa shape index (κ3) is 2.90. The van der Waals surface area contributed by atoms with Gasteiger partial charge in [0, 0.05) is 40.7 Å². The van der Waals surface area contributed by atoms with Crippen LogP contribution in [-0.2, 0) is 0 Å². The predicted molar refractivity (Wildman–Crippen MR) is 110 cm³/mol. The van der Waals surface area contributed by atoms with Crippen molar-refractivity contribution in [3.63, 3.8) is 0 Å². The summed E-state index contributed by atoms with van der Waals surface area (Å²) in [6.45, 7) is 3.03. The topological polar surface area (TPSA) is 89.0 Å². The number of pyridine rings is 1. The summed E-state index contributed by atoms with van der Waals surface area (Å²) in [5.74, 6) is 1.23. The van der Waals surface area contributed by atoms with Crippen molar-refractivity contribution in [2.75, 3.05) is 18.4 Å². The van der Waals surface area contributed by atoms with Gasteiger partial charge in [-0.15, -0.1) is 11.3 Å². The van der Waals surface area contributed by atoms with Gasteiger partial charge >= 0.3 is 0 Å². The van der Waals surface area contributed by atoms with Crippen LogP contribution in [0.15, 0.2) is 30.3 Å². The van der Waals surface area contributed by atoms with Gasteiger partial charge in [0.25, 0.3) is 5.91 Å². The molecule has 3 aromatic heterocycles. The first-order valence-corrected chi connectivity index (χ1v) is 9.85. The molecule has 0 radical (unpaired) electrons. The van der Waals surface area contributed by atoms with Crippen LogP contribution in [0.25, 0.3) is 21.0 Å². The highest BCUT2D eigenvalue weighted by Gasteiger charge is 2.22. The second-order valence-electron chi connectivity index (χ2n) is 6.32. The zero-order valence-electron chi connectivity index (χ0n) is 14.7. The van der Waals surface area contributed by atoms with Crippen LogP contribution in [0.2, 0.25) is 5.15 Å². The van der Waals surface area contributed by atoms with E-state index >= 15 is 0 Å². The van der Waals surface area contributed by atoms with Gasteiger partial charge in [-0.3, -0.25) is 4.79 Å². The number of halogens is 1. The molecule has 28 heavy (non-hydrogen) atoms. The summed E-state index contributed by atoms with van der Waals surface area (Å²) < 4.78 is 6.81. The summed E-state index contributed by atoms with van der Waals surface area (Å²) in [5, 5.41) is 8.56. The van der Waals surface area contributed by atoms with Crippen LogP contribution >= 0.6 is 22.9 Å². The minimum absolute atomic E-state index is 0.0433. The number of aromatic nitrogens is 3. The van der Waals surface area contributed by atoms with Crippen molar-refractivity contribution < 1.29 is 9.53 Å². The summed E-state index contributed by atoms with van der Waals surface area (Å²) >= 11 is 7.45. The molecule has 0 unspecified atom stereocenters. The Labute approximate surface area is 168 Å². The number of ether oxygens (including phenoxy) is 1. The third-order valence-corrected chi connectivity index (χ3v) is 5.75. The van der Waals surface area contributed by atoms with E-state index in [1.54, 1.807) is 19.1 Å². The van der Waals surface area contributed by atoms with Crippen LogP contribution in [-0.4, -0.2) is 33.9 Å². The van der Waals surface area contributed by atoms with Gasteiger partial charge in [-0.25, -0.2) is 9.97 Å². The Bertz CT molecular complexity index is 1240. The predicted octanol–water partition coefficient (Wildman–Crippen LogP) is 4.15. The molecule has 2 N–H and O–H groups in total. The summed E-state index contributed by atoms with van der Waals surface area (Å²) in [4.78, 5) is 25.9. The Morgan fingerprint density at radius 3 is 2.79 bits per heavy atom. The van der Waals surface area contributed by atoms with Gasteiger partial charge in [0.15, 0.2) is 0 Å². The molecule has 9 heteroatoms. The number of hydrogen-bond donors (Lipinski definition) is 2. The SMILES string of the molecule is Cc1nc(Cl)cc(Oc2ccc3c(ccc4sc5c(c43)NCCNC5=O)n2)n1. The van der Waals surface area contributed by atoms with E-state index in [4.69, 9.17) is 16.3 Å². The molecule has 1 aliphatic rings. The molecule has 7 nitrogen and oxygen atoms in total. The Morgan fingerprint density at radius 2 is 1.93 bits per heavy atom. The van der Waals surface area contributed by atoms with E-state index in [1.165, 1.54) is 11.3 Å². The van der Waals surface area contributed by atoms with Crippen LogP contribution in [0.4, 0.5) is 5.69 Å². The summed E-state index contributed by atoms with van der Waals surface area (Å²) in [6.07, 6.45) is 0. The monoisotopic (exact) mass is 411 g/mol. The molecule has 0 saturated heterocycles. The van der Waals surface area contributed by atoms with E-state index in [2.05, 4.69) is 25.6 Å². The molecule has 140 valence electrons. The number of benzene rings is 1. The average Bonchev–Trinajstić information content (AvgIpc) is 2.94. The van der Waals surface area contributed by atoms with Crippen LogP contribution in [0.3, 0.4) is 0 Å². The minimum atomic E-state index is -0.0433. The van der Waals surface area contributed by atoms with E-state index in [1.807, 2.05) is 18.2 Å². The first-order chi connectivity index (χ1) is 13.6. The van der Waals surface area contributed by atoms with E-state index in [0.717, 1.165) is 26.7 Å². The van der Waals surface area contributed by atoms with Crippen LogP contribution < -0.4 is 15.4 Å².